The average Bonchev–Trinajstić information content (AvgIpc) is 3.45. The first-order valence-electron chi connectivity index (χ1n) is 9.80. The van der Waals surface area contributed by atoms with Crippen LogP contribution in [0.2, 0.25) is 0 Å². The number of aromatic nitrogens is 2. The highest BCUT2D eigenvalue weighted by Crippen LogP contribution is 2.20. The van der Waals surface area contributed by atoms with Gasteiger partial charge in [0, 0.05) is 37.6 Å². The predicted octanol–water partition coefficient (Wildman–Crippen LogP) is 3.17. The summed E-state index contributed by atoms with van der Waals surface area (Å²) < 4.78 is 10.9. The minimum atomic E-state index is 0.116. The van der Waals surface area contributed by atoms with E-state index in [0.29, 0.717) is 23.3 Å². The number of ether oxygens (including phenoxy) is 1. The molecule has 0 spiro atoms. The summed E-state index contributed by atoms with van der Waals surface area (Å²) in [5.41, 5.74) is 1.06. The molecule has 4 rings (SSSR count). The Bertz CT molecular complexity index is 936. The van der Waals surface area contributed by atoms with E-state index in [4.69, 9.17) is 9.15 Å². The van der Waals surface area contributed by atoms with E-state index in [9.17, 15) is 4.79 Å². The maximum Gasteiger partial charge on any atom is 0.277 e. The minimum absolute atomic E-state index is 0.116. The number of rotatable bonds is 8. The monoisotopic (exact) mass is 444 g/mol. The Morgan fingerprint density at radius 1 is 1.17 bits per heavy atom. The van der Waals surface area contributed by atoms with Crippen LogP contribution in [0.3, 0.4) is 0 Å². The number of carbonyl (C=O) groups is 1. The minimum Gasteiger partial charge on any atom is -0.497 e. The second kappa shape index (κ2) is 10.1. The van der Waals surface area contributed by atoms with Crippen LogP contribution in [0.4, 0.5) is 0 Å². The van der Waals surface area contributed by atoms with Gasteiger partial charge in [-0.1, -0.05) is 30.0 Å². The maximum absolute atomic E-state index is 12.5. The summed E-state index contributed by atoms with van der Waals surface area (Å²) in [6, 6.07) is 12.0. The maximum atomic E-state index is 12.5. The number of piperazine rings is 1. The van der Waals surface area contributed by atoms with Gasteiger partial charge in [0.05, 0.1) is 19.3 Å². The molecular weight excluding hydrogens is 420 g/mol. The lowest BCUT2D eigenvalue weighted by molar-refractivity contribution is -0.130. The van der Waals surface area contributed by atoms with E-state index in [2.05, 4.69) is 32.6 Å². The molecule has 1 saturated heterocycles. The molecular formula is C21H24N4O3S2. The van der Waals surface area contributed by atoms with Crippen molar-refractivity contribution in [3.05, 3.63) is 58.1 Å². The standard InChI is InChI=1S/C21H24N4O3S2/c1-27-17-6-4-16(5-7-17)13-19-22-23-21(28-19)30-15-20(26)25-10-8-24(9-11-25)14-18-3-2-12-29-18/h2-7,12H,8-11,13-15H2,1H3. The number of amides is 1. The summed E-state index contributed by atoms with van der Waals surface area (Å²) in [4.78, 5) is 18.2. The zero-order valence-corrected chi connectivity index (χ0v) is 18.5. The number of thiophene rings is 1. The van der Waals surface area contributed by atoms with Gasteiger partial charge in [0.1, 0.15) is 5.75 Å². The Labute approximate surface area is 184 Å². The van der Waals surface area contributed by atoms with Crippen molar-refractivity contribution in [1.82, 2.24) is 20.0 Å². The third-order valence-corrected chi connectivity index (χ3v) is 6.63. The molecule has 0 bridgehead atoms. The Balaban J connectivity index is 1.20. The summed E-state index contributed by atoms with van der Waals surface area (Å²) in [7, 11) is 1.64. The summed E-state index contributed by atoms with van der Waals surface area (Å²) in [5, 5.41) is 10.7. The van der Waals surface area contributed by atoms with E-state index >= 15 is 0 Å². The van der Waals surface area contributed by atoms with Gasteiger partial charge >= 0.3 is 0 Å². The molecule has 1 aliphatic rings. The van der Waals surface area contributed by atoms with E-state index in [1.807, 2.05) is 29.2 Å². The summed E-state index contributed by atoms with van der Waals surface area (Å²) >= 11 is 3.08. The summed E-state index contributed by atoms with van der Waals surface area (Å²) in [6.45, 7) is 4.30. The predicted molar refractivity (Wildman–Crippen MR) is 117 cm³/mol. The van der Waals surface area contributed by atoms with Gasteiger partial charge in [0.2, 0.25) is 11.8 Å². The van der Waals surface area contributed by atoms with E-state index in [-0.39, 0.29) is 5.91 Å². The number of thioether (sulfide) groups is 1. The van der Waals surface area contributed by atoms with Crippen molar-refractivity contribution in [3.8, 4) is 5.75 Å². The van der Waals surface area contributed by atoms with Crippen LogP contribution in [-0.4, -0.2) is 64.9 Å². The van der Waals surface area contributed by atoms with Crippen molar-refractivity contribution in [2.75, 3.05) is 39.0 Å². The highest BCUT2D eigenvalue weighted by Gasteiger charge is 2.22. The van der Waals surface area contributed by atoms with Crippen molar-refractivity contribution in [2.24, 2.45) is 0 Å². The molecule has 0 saturated carbocycles. The lowest BCUT2D eigenvalue weighted by atomic mass is 10.1. The van der Waals surface area contributed by atoms with Crippen LogP contribution in [-0.2, 0) is 17.8 Å². The molecule has 0 unspecified atom stereocenters. The van der Waals surface area contributed by atoms with Crippen molar-refractivity contribution < 1.29 is 13.9 Å². The second-order valence-electron chi connectivity index (χ2n) is 7.01. The molecule has 1 aliphatic heterocycles. The first kappa shape index (κ1) is 20.9. The van der Waals surface area contributed by atoms with Gasteiger partial charge in [-0.3, -0.25) is 9.69 Å². The Morgan fingerprint density at radius 3 is 2.67 bits per heavy atom. The first-order valence-corrected chi connectivity index (χ1v) is 11.7. The number of nitrogens with zero attached hydrogens (tertiary/aromatic N) is 4. The summed E-state index contributed by atoms with van der Waals surface area (Å²) in [6.07, 6.45) is 0.553. The van der Waals surface area contributed by atoms with Crippen LogP contribution >= 0.6 is 23.1 Å². The number of methoxy groups -OCH3 is 1. The van der Waals surface area contributed by atoms with Crippen molar-refractivity contribution in [2.45, 2.75) is 18.2 Å². The van der Waals surface area contributed by atoms with Gasteiger partial charge in [0.15, 0.2) is 0 Å². The zero-order chi connectivity index (χ0) is 20.8. The Kier molecular flexibility index (Phi) is 7.03. The molecule has 3 heterocycles. The fraction of sp³-hybridized carbons (Fsp3) is 0.381. The zero-order valence-electron chi connectivity index (χ0n) is 16.8. The van der Waals surface area contributed by atoms with E-state index in [1.165, 1.54) is 16.6 Å². The van der Waals surface area contributed by atoms with Crippen LogP contribution < -0.4 is 4.74 Å². The SMILES string of the molecule is COc1ccc(Cc2nnc(SCC(=O)N3CCN(Cc4cccs4)CC3)o2)cc1. The van der Waals surface area contributed by atoms with Crippen molar-refractivity contribution >= 4 is 29.0 Å². The van der Waals surface area contributed by atoms with Gasteiger partial charge in [-0.25, -0.2) is 0 Å². The van der Waals surface area contributed by atoms with Gasteiger partial charge < -0.3 is 14.1 Å². The number of carbonyl (C=O) groups excluding carboxylic acids is 1. The lowest BCUT2D eigenvalue weighted by Gasteiger charge is -2.34. The molecule has 2 aromatic heterocycles. The quantitative estimate of drug-likeness (QED) is 0.494. The fourth-order valence-electron chi connectivity index (χ4n) is 3.28. The van der Waals surface area contributed by atoms with Crippen LogP contribution in [0.5, 0.6) is 5.75 Å². The smallest absolute Gasteiger partial charge is 0.277 e. The molecule has 0 atom stereocenters. The molecule has 0 radical (unpaired) electrons. The van der Waals surface area contributed by atoms with Gasteiger partial charge in [0.25, 0.3) is 5.22 Å². The highest BCUT2D eigenvalue weighted by atomic mass is 32.2. The van der Waals surface area contributed by atoms with Crippen LogP contribution in [0.15, 0.2) is 51.4 Å². The fourth-order valence-corrected chi connectivity index (χ4v) is 4.71. The second-order valence-corrected chi connectivity index (χ2v) is 8.97. The molecule has 0 aliphatic carbocycles. The Morgan fingerprint density at radius 2 is 1.97 bits per heavy atom. The normalized spacial score (nSPS) is 14.8. The van der Waals surface area contributed by atoms with E-state index in [0.717, 1.165) is 44.0 Å². The van der Waals surface area contributed by atoms with Gasteiger partial charge in [-0.05, 0) is 29.1 Å². The highest BCUT2D eigenvalue weighted by molar-refractivity contribution is 7.99. The molecule has 158 valence electrons. The van der Waals surface area contributed by atoms with E-state index in [1.54, 1.807) is 18.4 Å². The van der Waals surface area contributed by atoms with Gasteiger partial charge in [-0.15, -0.1) is 21.5 Å². The molecule has 7 nitrogen and oxygen atoms in total. The van der Waals surface area contributed by atoms with Crippen LogP contribution in [0.25, 0.3) is 0 Å². The first-order chi connectivity index (χ1) is 14.7. The Hall–Kier alpha value is -2.36. The molecule has 0 N–H and O–H groups in total. The molecule has 9 heteroatoms. The number of hydrogen-bond donors (Lipinski definition) is 0. The van der Waals surface area contributed by atoms with Crippen molar-refractivity contribution in [1.29, 1.82) is 0 Å². The summed E-state index contributed by atoms with van der Waals surface area (Å²) in [5.74, 6) is 1.78. The topological polar surface area (TPSA) is 71.7 Å². The van der Waals surface area contributed by atoms with Crippen LogP contribution in [0.1, 0.15) is 16.3 Å². The van der Waals surface area contributed by atoms with Gasteiger partial charge in [-0.2, -0.15) is 0 Å². The largest absolute Gasteiger partial charge is 0.497 e. The number of hydrogen-bond acceptors (Lipinski definition) is 8. The average molecular weight is 445 g/mol. The third-order valence-electron chi connectivity index (χ3n) is 4.97. The van der Waals surface area contributed by atoms with Crippen molar-refractivity contribution in [3.63, 3.8) is 0 Å². The molecule has 1 amide bonds. The molecule has 1 fully saturated rings. The van der Waals surface area contributed by atoms with Crippen LogP contribution in [0, 0.1) is 0 Å². The molecule has 30 heavy (non-hydrogen) atoms. The lowest BCUT2D eigenvalue weighted by Crippen LogP contribution is -2.48. The molecule has 1 aromatic carbocycles. The number of benzene rings is 1. The molecule has 3 aromatic rings. The van der Waals surface area contributed by atoms with E-state index < -0.39 is 0 Å². The third kappa shape index (κ3) is 5.62.